The molecule has 0 amide bonds. The van der Waals surface area contributed by atoms with E-state index in [1.807, 2.05) is 11.3 Å². The summed E-state index contributed by atoms with van der Waals surface area (Å²) in [6, 6.07) is 13.5. The summed E-state index contributed by atoms with van der Waals surface area (Å²) >= 11 is 1.82. The van der Waals surface area contributed by atoms with Crippen LogP contribution in [0, 0.1) is 0 Å². The number of aryl methyl sites for hydroxylation is 1. The fourth-order valence-electron chi connectivity index (χ4n) is 2.92. The predicted molar refractivity (Wildman–Crippen MR) is 81.3 cm³/mol. The third-order valence-corrected chi connectivity index (χ3v) is 4.89. The maximum atomic E-state index is 6.03. The van der Waals surface area contributed by atoms with Crippen molar-refractivity contribution in [1.82, 2.24) is 4.90 Å². The van der Waals surface area contributed by atoms with Crippen molar-refractivity contribution in [2.45, 2.75) is 25.4 Å². The quantitative estimate of drug-likeness (QED) is 0.929. The molecular weight excluding hydrogens is 252 g/mol. The van der Waals surface area contributed by atoms with E-state index in [4.69, 9.17) is 5.73 Å². The van der Waals surface area contributed by atoms with E-state index >= 15 is 0 Å². The lowest BCUT2D eigenvalue weighted by Crippen LogP contribution is -2.33. The molecule has 3 heteroatoms. The summed E-state index contributed by atoms with van der Waals surface area (Å²) in [6.07, 6.45) is 2.41. The average Bonchev–Trinajstić information content (AvgIpc) is 2.87. The van der Waals surface area contributed by atoms with Crippen LogP contribution in [0.1, 0.15) is 28.5 Å². The Kier molecular flexibility index (Phi) is 3.97. The van der Waals surface area contributed by atoms with Gasteiger partial charge in [-0.3, -0.25) is 4.90 Å². The largest absolute Gasteiger partial charge is 0.329 e. The van der Waals surface area contributed by atoms with Crippen LogP contribution in [0.25, 0.3) is 0 Å². The van der Waals surface area contributed by atoms with E-state index in [0.717, 1.165) is 13.1 Å². The third-order valence-electron chi connectivity index (χ3n) is 3.92. The van der Waals surface area contributed by atoms with Gasteiger partial charge in [0, 0.05) is 18.0 Å². The Hall–Kier alpha value is -1.16. The molecule has 3 rings (SSSR count). The van der Waals surface area contributed by atoms with E-state index < -0.39 is 0 Å². The molecule has 2 nitrogen and oxygen atoms in total. The SMILES string of the molecule is NCC(c1cccs1)N1CCCc2ccccc2C1. The molecule has 1 aliphatic rings. The second-order valence-corrected chi connectivity index (χ2v) is 6.09. The maximum absolute atomic E-state index is 6.03. The van der Waals surface area contributed by atoms with Gasteiger partial charge in [0.05, 0.1) is 6.04 Å². The van der Waals surface area contributed by atoms with Crippen molar-refractivity contribution in [3.8, 4) is 0 Å². The van der Waals surface area contributed by atoms with Crippen molar-refractivity contribution in [2.24, 2.45) is 5.73 Å². The van der Waals surface area contributed by atoms with Crippen molar-refractivity contribution in [2.75, 3.05) is 13.1 Å². The van der Waals surface area contributed by atoms with Gasteiger partial charge >= 0.3 is 0 Å². The van der Waals surface area contributed by atoms with Crippen molar-refractivity contribution in [3.05, 3.63) is 57.8 Å². The molecule has 1 atom stereocenters. The first-order chi connectivity index (χ1) is 9.38. The highest BCUT2D eigenvalue weighted by molar-refractivity contribution is 7.10. The van der Waals surface area contributed by atoms with Crippen LogP contribution in [-0.2, 0) is 13.0 Å². The first-order valence-electron chi connectivity index (χ1n) is 6.93. The zero-order valence-corrected chi connectivity index (χ0v) is 11.9. The Morgan fingerprint density at radius 2 is 2.00 bits per heavy atom. The van der Waals surface area contributed by atoms with E-state index in [1.165, 1.54) is 28.8 Å². The van der Waals surface area contributed by atoms with Crippen molar-refractivity contribution < 1.29 is 0 Å². The second-order valence-electron chi connectivity index (χ2n) is 5.11. The van der Waals surface area contributed by atoms with Crippen molar-refractivity contribution >= 4 is 11.3 Å². The minimum Gasteiger partial charge on any atom is -0.329 e. The van der Waals surface area contributed by atoms with Crippen LogP contribution in [0.3, 0.4) is 0 Å². The Balaban J connectivity index is 1.85. The second kappa shape index (κ2) is 5.87. The highest BCUT2D eigenvalue weighted by Crippen LogP contribution is 2.29. The van der Waals surface area contributed by atoms with Gasteiger partial charge in [0.2, 0.25) is 0 Å². The van der Waals surface area contributed by atoms with E-state index in [-0.39, 0.29) is 0 Å². The van der Waals surface area contributed by atoms with E-state index in [1.54, 1.807) is 0 Å². The van der Waals surface area contributed by atoms with Gasteiger partial charge in [0.15, 0.2) is 0 Å². The van der Waals surface area contributed by atoms with Gasteiger partial charge in [-0.25, -0.2) is 0 Å². The number of thiophene rings is 1. The van der Waals surface area contributed by atoms with Gasteiger partial charge in [-0.2, -0.15) is 0 Å². The maximum Gasteiger partial charge on any atom is 0.0567 e. The molecule has 1 unspecified atom stereocenters. The monoisotopic (exact) mass is 272 g/mol. The minimum atomic E-state index is 0.367. The standard InChI is InChI=1S/C16H20N2S/c17-11-15(16-8-4-10-19-16)18-9-3-7-13-5-1-2-6-14(13)12-18/h1-2,4-6,8,10,15H,3,7,9,11-12,17H2. The zero-order chi connectivity index (χ0) is 13.1. The summed E-state index contributed by atoms with van der Waals surface area (Å²) in [5.74, 6) is 0. The van der Waals surface area contributed by atoms with Gasteiger partial charge in [0.1, 0.15) is 0 Å². The van der Waals surface area contributed by atoms with Crippen molar-refractivity contribution in [1.29, 1.82) is 0 Å². The van der Waals surface area contributed by atoms with E-state index in [0.29, 0.717) is 12.6 Å². The topological polar surface area (TPSA) is 29.3 Å². The number of fused-ring (bicyclic) bond motifs is 1. The summed E-state index contributed by atoms with van der Waals surface area (Å²) in [6.45, 7) is 2.85. The molecule has 0 saturated carbocycles. The molecule has 0 fully saturated rings. The summed E-state index contributed by atoms with van der Waals surface area (Å²) in [5, 5.41) is 2.14. The summed E-state index contributed by atoms with van der Waals surface area (Å²) in [7, 11) is 0. The van der Waals surface area contributed by atoms with Crippen LogP contribution in [0.2, 0.25) is 0 Å². The molecule has 2 N–H and O–H groups in total. The minimum absolute atomic E-state index is 0.367. The third kappa shape index (κ3) is 2.73. The van der Waals surface area contributed by atoms with E-state index in [2.05, 4.69) is 46.7 Å². The number of hydrogen-bond acceptors (Lipinski definition) is 3. The molecule has 0 bridgehead atoms. The Labute approximate surface area is 118 Å². The number of benzene rings is 1. The fourth-order valence-corrected chi connectivity index (χ4v) is 3.79. The molecule has 100 valence electrons. The van der Waals surface area contributed by atoms with Crippen LogP contribution in [0.4, 0.5) is 0 Å². The molecule has 1 aromatic heterocycles. The predicted octanol–water partition coefficient (Wildman–Crippen LogP) is 3.20. The average molecular weight is 272 g/mol. The molecule has 2 aromatic rings. The number of hydrogen-bond donors (Lipinski definition) is 1. The van der Waals surface area contributed by atoms with E-state index in [9.17, 15) is 0 Å². The molecule has 1 aromatic carbocycles. The first kappa shape index (κ1) is 12.9. The number of nitrogens with zero attached hydrogens (tertiary/aromatic N) is 1. The smallest absolute Gasteiger partial charge is 0.0567 e. The normalized spacial score (nSPS) is 17.7. The fraction of sp³-hybridized carbons (Fsp3) is 0.375. The van der Waals surface area contributed by atoms with Gasteiger partial charge < -0.3 is 5.73 Å². The molecular formula is C16H20N2S. The summed E-state index contributed by atoms with van der Waals surface area (Å²) in [5.41, 5.74) is 9.00. The molecule has 1 aliphatic heterocycles. The molecule has 0 spiro atoms. The Morgan fingerprint density at radius 3 is 2.74 bits per heavy atom. The summed E-state index contributed by atoms with van der Waals surface area (Å²) < 4.78 is 0. The lowest BCUT2D eigenvalue weighted by molar-refractivity contribution is 0.198. The number of nitrogens with two attached hydrogens (primary N) is 1. The summed E-state index contributed by atoms with van der Waals surface area (Å²) in [4.78, 5) is 3.93. The highest BCUT2D eigenvalue weighted by Gasteiger charge is 2.22. The lowest BCUT2D eigenvalue weighted by atomic mass is 10.0. The zero-order valence-electron chi connectivity index (χ0n) is 11.1. The van der Waals surface area contributed by atoms with Crippen LogP contribution >= 0.6 is 11.3 Å². The highest BCUT2D eigenvalue weighted by atomic mass is 32.1. The van der Waals surface area contributed by atoms with Crippen LogP contribution in [0.5, 0.6) is 0 Å². The van der Waals surface area contributed by atoms with Crippen molar-refractivity contribution in [3.63, 3.8) is 0 Å². The molecule has 2 heterocycles. The van der Waals surface area contributed by atoms with Crippen LogP contribution < -0.4 is 5.73 Å². The van der Waals surface area contributed by atoms with Gasteiger partial charge in [0.25, 0.3) is 0 Å². The van der Waals surface area contributed by atoms with Gasteiger partial charge in [-0.05, 0) is 42.0 Å². The molecule has 19 heavy (non-hydrogen) atoms. The molecule has 0 aliphatic carbocycles. The number of rotatable bonds is 3. The van der Waals surface area contributed by atoms with Gasteiger partial charge in [-0.15, -0.1) is 11.3 Å². The Bertz CT molecular complexity index is 521. The van der Waals surface area contributed by atoms with Crippen LogP contribution in [0.15, 0.2) is 41.8 Å². The lowest BCUT2D eigenvalue weighted by Gasteiger charge is -2.29. The molecule has 0 radical (unpaired) electrons. The first-order valence-corrected chi connectivity index (χ1v) is 7.81. The van der Waals surface area contributed by atoms with Gasteiger partial charge in [-0.1, -0.05) is 30.3 Å². The van der Waals surface area contributed by atoms with Crippen LogP contribution in [-0.4, -0.2) is 18.0 Å². The Morgan fingerprint density at radius 1 is 1.16 bits per heavy atom. The molecule has 0 saturated heterocycles.